The summed E-state index contributed by atoms with van der Waals surface area (Å²) in [6.07, 6.45) is 0. The molecule has 0 spiro atoms. The van der Waals surface area contributed by atoms with Crippen LogP contribution in [0.5, 0.6) is 0 Å². The topological polar surface area (TPSA) is 46.3 Å². The molecule has 0 saturated carbocycles. The first kappa shape index (κ1) is 14.3. The van der Waals surface area contributed by atoms with E-state index < -0.39 is 17.9 Å². The molecule has 1 heterocycles. The van der Waals surface area contributed by atoms with E-state index in [2.05, 4.69) is 0 Å². The zero-order chi connectivity index (χ0) is 15.1. The van der Waals surface area contributed by atoms with Crippen LogP contribution in [0, 0.1) is 5.82 Å². The van der Waals surface area contributed by atoms with Crippen LogP contribution in [-0.2, 0) is 4.79 Å². The quantitative estimate of drug-likeness (QED) is 0.859. The highest BCUT2D eigenvalue weighted by molar-refractivity contribution is 6.42. The van der Waals surface area contributed by atoms with E-state index in [-0.39, 0.29) is 5.91 Å². The summed E-state index contributed by atoms with van der Waals surface area (Å²) in [5, 5.41) is 0.717. The van der Waals surface area contributed by atoms with Gasteiger partial charge in [-0.1, -0.05) is 41.4 Å². The van der Waals surface area contributed by atoms with Crippen LogP contribution in [0.4, 0.5) is 10.1 Å². The van der Waals surface area contributed by atoms with Crippen LogP contribution in [0.1, 0.15) is 11.6 Å². The van der Waals surface area contributed by atoms with Gasteiger partial charge in [0.15, 0.2) is 0 Å². The molecule has 2 N–H and O–H groups in total. The van der Waals surface area contributed by atoms with Crippen LogP contribution in [0.3, 0.4) is 0 Å². The van der Waals surface area contributed by atoms with Gasteiger partial charge in [0.2, 0.25) is 5.91 Å². The molecule has 0 unspecified atom stereocenters. The first-order valence-corrected chi connectivity index (χ1v) is 7.04. The summed E-state index contributed by atoms with van der Waals surface area (Å²) >= 11 is 11.8. The van der Waals surface area contributed by atoms with E-state index in [1.54, 1.807) is 36.4 Å². The van der Waals surface area contributed by atoms with Crippen molar-refractivity contribution in [2.24, 2.45) is 5.73 Å². The highest BCUT2D eigenvalue weighted by atomic mass is 35.5. The lowest BCUT2D eigenvalue weighted by Crippen LogP contribution is -2.63. The molecule has 108 valence electrons. The second kappa shape index (κ2) is 5.30. The van der Waals surface area contributed by atoms with Gasteiger partial charge < -0.3 is 10.6 Å². The van der Waals surface area contributed by atoms with Crippen LogP contribution in [0.25, 0.3) is 0 Å². The Hall–Kier alpha value is -1.62. The number of carbonyl (C=O) groups is 1. The van der Waals surface area contributed by atoms with Crippen LogP contribution in [0.15, 0.2) is 42.5 Å². The molecule has 0 radical (unpaired) electrons. The summed E-state index contributed by atoms with van der Waals surface area (Å²) in [6.45, 7) is 0. The maximum Gasteiger partial charge on any atom is 0.247 e. The number of nitrogens with two attached hydrogens (primary N) is 1. The molecule has 6 heteroatoms. The molecule has 0 aliphatic carbocycles. The average molecular weight is 325 g/mol. The zero-order valence-electron chi connectivity index (χ0n) is 10.8. The molecule has 1 amide bonds. The van der Waals surface area contributed by atoms with Crippen molar-refractivity contribution in [3.63, 3.8) is 0 Å². The summed E-state index contributed by atoms with van der Waals surface area (Å²) in [5.41, 5.74) is 6.78. The van der Waals surface area contributed by atoms with Crippen LogP contribution in [0.2, 0.25) is 10.0 Å². The number of carbonyl (C=O) groups excluding carboxylic acids is 1. The molecule has 3 nitrogen and oxygen atoms in total. The van der Waals surface area contributed by atoms with Crippen molar-refractivity contribution >= 4 is 34.8 Å². The largest absolute Gasteiger partial charge is 0.318 e. The number of halogens is 3. The fourth-order valence-corrected chi connectivity index (χ4v) is 2.77. The number of benzene rings is 2. The third-order valence-corrected chi connectivity index (χ3v) is 4.29. The lowest BCUT2D eigenvalue weighted by Gasteiger charge is -2.45. The second-order valence-electron chi connectivity index (χ2n) is 4.80. The highest BCUT2D eigenvalue weighted by Crippen LogP contribution is 2.40. The molecule has 1 fully saturated rings. The number of amides is 1. The maximum atomic E-state index is 14.0. The maximum absolute atomic E-state index is 14.0. The van der Waals surface area contributed by atoms with E-state index in [0.29, 0.717) is 21.3 Å². The van der Waals surface area contributed by atoms with Crippen molar-refractivity contribution in [3.05, 3.63) is 63.9 Å². The van der Waals surface area contributed by atoms with Gasteiger partial charge in [-0.25, -0.2) is 4.39 Å². The van der Waals surface area contributed by atoms with Crippen molar-refractivity contribution in [1.29, 1.82) is 0 Å². The first-order valence-electron chi connectivity index (χ1n) is 6.29. The Morgan fingerprint density at radius 2 is 1.81 bits per heavy atom. The lowest BCUT2D eigenvalue weighted by atomic mass is 9.88. The van der Waals surface area contributed by atoms with Crippen molar-refractivity contribution in [2.45, 2.75) is 12.1 Å². The van der Waals surface area contributed by atoms with Gasteiger partial charge in [-0.2, -0.15) is 0 Å². The van der Waals surface area contributed by atoms with E-state index in [1.165, 1.54) is 11.0 Å². The molecule has 1 aliphatic heterocycles. The first-order chi connectivity index (χ1) is 10.0. The minimum Gasteiger partial charge on any atom is -0.318 e. The number of rotatable bonds is 2. The highest BCUT2D eigenvalue weighted by Gasteiger charge is 2.47. The summed E-state index contributed by atoms with van der Waals surface area (Å²) in [6, 6.07) is 9.78. The van der Waals surface area contributed by atoms with Crippen molar-refractivity contribution in [2.75, 3.05) is 4.90 Å². The number of hydrogen-bond donors (Lipinski definition) is 1. The second-order valence-corrected chi connectivity index (χ2v) is 5.61. The third-order valence-electron chi connectivity index (χ3n) is 3.55. The van der Waals surface area contributed by atoms with E-state index in [1.807, 2.05) is 0 Å². The molecular weight excluding hydrogens is 314 g/mol. The predicted octanol–water partition coefficient (Wildman–Crippen LogP) is 3.55. The van der Waals surface area contributed by atoms with Crippen LogP contribution < -0.4 is 10.6 Å². The van der Waals surface area contributed by atoms with Gasteiger partial charge in [-0.3, -0.25) is 4.79 Å². The predicted molar refractivity (Wildman–Crippen MR) is 81.1 cm³/mol. The SMILES string of the molecule is N[C@@H]1C(=O)N(c2ccc(Cl)c(Cl)c2)[C@H]1c1ccccc1F. The minimum atomic E-state index is -0.767. The van der Waals surface area contributed by atoms with Crippen molar-refractivity contribution in [1.82, 2.24) is 0 Å². The molecule has 1 saturated heterocycles. The summed E-state index contributed by atoms with van der Waals surface area (Å²) in [4.78, 5) is 13.5. The smallest absolute Gasteiger partial charge is 0.247 e. The summed E-state index contributed by atoms with van der Waals surface area (Å²) in [5.74, 6) is -0.669. The standard InChI is InChI=1S/C15H11Cl2FN2O/c16-10-6-5-8(7-11(10)17)20-14(13(19)15(20)21)9-3-1-2-4-12(9)18/h1-7,13-14H,19H2/t13-,14-/m0/s1. The van der Waals surface area contributed by atoms with E-state index in [0.717, 1.165) is 0 Å². The summed E-state index contributed by atoms with van der Waals surface area (Å²) in [7, 11) is 0. The lowest BCUT2D eigenvalue weighted by molar-refractivity contribution is -0.126. The summed E-state index contributed by atoms with van der Waals surface area (Å²) < 4.78 is 14.0. The molecule has 2 atom stereocenters. The number of anilines is 1. The molecule has 2 aromatic carbocycles. The van der Waals surface area contributed by atoms with Gasteiger partial charge in [0, 0.05) is 11.3 Å². The van der Waals surface area contributed by atoms with E-state index in [4.69, 9.17) is 28.9 Å². The Balaban J connectivity index is 2.02. The Labute approximate surface area is 131 Å². The Morgan fingerprint density at radius 3 is 2.48 bits per heavy atom. The number of hydrogen-bond acceptors (Lipinski definition) is 2. The van der Waals surface area contributed by atoms with Gasteiger partial charge in [0.25, 0.3) is 0 Å². The van der Waals surface area contributed by atoms with Gasteiger partial charge in [0.1, 0.15) is 11.9 Å². The zero-order valence-corrected chi connectivity index (χ0v) is 12.3. The number of nitrogens with zero attached hydrogens (tertiary/aromatic N) is 1. The Kier molecular flexibility index (Phi) is 3.61. The fraction of sp³-hybridized carbons (Fsp3) is 0.133. The van der Waals surface area contributed by atoms with Gasteiger partial charge in [-0.05, 0) is 24.3 Å². The molecule has 0 aromatic heterocycles. The normalized spacial score (nSPS) is 21.3. The molecule has 21 heavy (non-hydrogen) atoms. The Bertz CT molecular complexity index is 723. The monoisotopic (exact) mass is 324 g/mol. The van der Waals surface area contributed by atoms with Crippen LogP contribution in [-0.4, -0.2) is 11.9 Å². The van der Waals surface area contributed by atoms with Gasteiger partial charge in [0.05, 0.1) is 16.1 Å². The van der Waals surface area contributed by atoms with Crippen molar-refractivity contribution < 1.29 is 9.18 Å². The third kappa shape index (κ3) is 2.29. The fourth-order valence-electron chi connectivity index (χ4n) is 2.48. The molecule has 0 bridgehead atoms. The van der Waals surface area contributed by atoms with Crippen LogP contribution >= 0.6 is 23.2 Å². The minimum absolute atomic E-state index is 0.276. The number of β-lactam (4-membered cyclic amide) rings is 1. The Morgan fingerprint density at radius 1 is 1.10 bits per heavy atom. The van der Waals surface area contributed by atoms with Crippen molar-refractivity contribution in [3.8, 4) is 0 Å². The average Bonchev–Trinajstić information content (AvgIpc) is 2.48. The molecule has 2 aromatic rings. The van der Waals surface area contributed by atoms with Gasteiger partial charge >= 0.3 is 0 Å². The van der Waals surface area contributed by atoms with Gasteiger partial charge in [-0.15, -0.1) is 0 Å². The molecular formula is C15H11Cl2FN2O. The van der Waals surface area contributed by atoms with E-state index in [9.17, 15) is 9.18 Å². The molecule has 1 aliphatic rings. The van der Waals surface area contributed by atoms with E-state index >= 15 is 0 Å². The molecule has 3 rings (SSSR count).